The quantitative estimate of drug-likeness (QED) is 0.806. The third-order valence-electron chi connectivity index (χ3n) is 2.88. The molecule has 3 heteroatoms. The fourth-order valence-electron chi connectivity index (χ4n) is 2.03. The molecule has 0 aliphatic carbocycles. The Bertz CT molecular complexity index is 291. The topological polar surface area (TPSA) is 12.5 Å². The molecule has 0 bridgehead atoms. The van der Waals surface area contributed by atoms with Crippen LogP contribution in [0.3, 0.4) is 0 Å². The van der Waals surface area contributed by atoms with Gasteiger partial charge in [0.1, 0.15) is 0 Å². The van der Waals surface area contributed by atoms with E-state index in [2.05, 4.69) is 42.2 Å². The maximum atomic E-state index is 5.52. The van der Waals surface area contributed by atoms with Crippen molar-refractivity contribution in [3.05, 3.63) is 35.9 Å². The number of halogens is 1. The van der Waals surface area contributed by atoms with Crippen LogP contribution in [0.1, 0.15) is 12.5 Å². The molecule has 1 aliphatic rings. The van der Waals surface area contributed by atoms with Gasteiger partial charge in [0.15, 0.2) is 0 Å². The Hall–Kier alpha value is -0.570. The van der Waals surface area contributed by atoms with Gasteiger partial charge in [0.2, 0.25) is 0 Å². The van der Waals surface area contributed by atoms with Gasteiger partial charge in [-0.25, -0.2) is 0 Å². The molecule has 0 saturated carbocycles. The van der Waals surface area contributed by atoms with Crippen LogP contribution in [-0.2, 0) is 11.2 Å². The minimum absolute atomic E-state index is 0. The van der Waals surface area contributed by atoms with Crippen molar-refractivity contribution in [2.45, 2.75) is 19.4 Å². The monoisotopic (exact) mass is 241 g/mol. The average Bonchev–Trinajstić information content (AvgIpc) is 2.28. The Labute approximate surface area is 104 Å². The van der Waals surface area contributed by atoms with E-state index in [0.29, 0.717) is 6.10 Å². The number of hydrogen-bond acceptors (Lipinski definition) is 2. The smallest absolute Gasteiger partial charge is 0.0674 e. The summed E-state index contributed by atoms with van der Waals surface area (Å²) in [6.07, 6.45) is 1.54. The summed E-state index contributed by atoms with van der Waals surface area (Å²) < 4.78 is 5.52. The summed E-state index contributed by atoms with van der Waals surface area (Å²) in [5, 5.41) is 0. The summed E-state index contributed by atoms with van der Waals surface area (Å²) in [6, 6.07) is 10.7. The van der Waals surface area contributed by atoms with Crippen LogP contribution in [0.15, 0.2) is 30.3 Å². The van der Waals surface area contributed by atoms with Crippen molar-refractivity contribution in [3.8, 4) is 0 Å². The van der Waals surface area contributed by atoms with Gasteiger partial charge in [0.05, 0.1) is 12.7 Å². The van der Waals surface area contributed by atoms with E-state index in [1.807, 2.05) is 0 Å². The Morgan fingerprint density at radius 3 is 2.75 bits per heavy atom. The second-order valence-corrected chi connectivity index (χ2v) is 4.22. The maximum absolute atomic E-state index is 5.52. The van der Waals surface area contributed by atoms with Crippen LogP contribution in [0.4, 0.5) is 0 Å². The van der Waals surface area contributed by atoms with Gasteiger partial charge in [0.25, 0.3) is 0 Å². The molecule has 1 aromatic carbocycles. The Morgan fingerprint density at radius 2 is 2.06 bits per heavy atom. The van der Waals surface area contributed by atoms with Gasteiger partial charge < -0.3 is 4.74 Å². The zero-order chi connectivity index (χ0) is 10.5. The molecular formula is C13H20ClNO. The fourth-order valence-corrected chi connectivity index (χ4v) is 2.03. The van der Waals surface area contributed by atoms with Crippen LogP contribution in [0.2, 0.25) is 0 Å². The lowest BCUT2D eigenvalue weighted by Crippen LogP contribution is -2.41. The van der Waals surface area contributed by atoms with E-state index in [-0.39, 0.29) is 12.4 Å². The Balaban J connectivity index is 0.00000128. The van der Waals surface area contributed by atoms with Crippen LogP contribution >= 0.6 is 12.4 Å². The lowest BCUT2D eigenvalue weighted by atomic mass is 10.1. The largest absolute Gasteiger partial charge is 0.376 e. The summed E-state index contributed by atoms with van der Waals surface area (Å²) in [7, 11) is 0. The highest BCUT2D eigenvalue weighted by atomic mass is 35.5. The van der Waals surface area contributed by atoms with E-state index >= 15 is 0 Å². The highest BCUT2D eigenvalue weighted by molar-refractivity contribution is 5.85. The van der Waals surface area contributed by atoms with Gasteiger partial charge >= 0.3 is 0 Å². The Kier molecular flexibility index (Phi) is 5.81. The molecule has 0 radical (unpaired) electrons. The molecule has 0 aromatic heterocycles. The van der Waals surface area contributed by atoms with Crippen molar-refractivity contribution in [3.63, 3.8) is 0 Å². The first-order chi connectivity index (χ1) is 7.34. The number of morpholine rings is 1. The number of ether oxygens (including phenoxy) is 1. The van der Waals surface area contributed by atoms with E-state index < -0.39 is 0 Å². The number of nitrogens with zero attached hydrogens (tertiary/aromatic N) is 1. The van der Waals surface area contributed by atoms with E-state index in [1.54, 1.807) is 0 Å². The third kappa shape index (κ3) is 4.12. The molecule has 1 atom stereocenters. The summed E-state index contributed by atoms with van der Waals surface area (Å²) in [4.78, 5) is 2.49. The SMILES string of the molecule is CC1CN(CCc2ccccc2)CCO1.Cl. The molecular weight excluding hydrogens is 222 g/mol. The van der Waals surface area contributed by atoms with Crippen molar-refractivity contribution in [1.82, 2.24) is 4.90 Å². The van der Waals surface area contributed by atoms with Crippen molar-refractivity contribution >= 4 is 12.4 Å². The van der Waals surface area contributed by atoms with Crippen LogP contribution < -0.4 is 0 Å². The molecule has 1 aromatic rings. The van der Waals surface area contributed by atoms with Gasteiger partial charge in [0, 0.05) is 19.6 Å². The van der Waals surface area contributed by atoms with E-state index in [9.17, 15) is 0 Å². The fraction of sp³-hybridized carbons (Fsp3) is 0.538. The second kappa shape index (κ2) is 6.89. The lowest BCUT2D eigenvalue weighted by molar-refractivity contribution is -0.0177. The van der Waals surface area contributed by atoms with E-state index in [4.69, 9.17) is 4.74 Å². The minimum atomic E-state index is 0. The summed E-state index contributed by atoms with van der Waals surface area (Å²) in [6.45, 7) is 6.34. The number of benzene rings is 1. The minimum Gasteiger partial charge on any atom is -0.376 e. The van der Waals surface area contributed by atoms with E-state index in [1.165, 1.54) is 5.56 Å². The average molecular weight is 242 g/mol. The van der Waals surface area contributed by atoms with Crippen LogP contribution in [0.5, 0.6) is 0 Å². The lowest BCUT2D eigenvalue weighted by Gasteiger charge is -2.31. The molecule has 0 N–H and O–H groups in total. The van der Waals surface area contributed by atoms with Crippen LogP contribution in [-0.4, -0.2) is 37.2 Å². The van der Waals surface area contributed by atoms with E-state index in [0.717, 1.165) is 32.7 Å². The highest BCUT2D eigenvalue weighted by Crippen LogP contribution is 2.06. The summed E-state index contributed by atoms with van der Waals surface area (Å²) in [5.41, 5.74) is 1.43. The summed E-state index contributed by atoms with van der Waals surface area (Å²) >= 11 is 0. The molecule has 1 unspecified atom stereocenters. The molecule has 1 aliphatic heterocycles. The van der Waals surface area contributed by atoms with Crippen molar-refractivity contribution in [2.75, 3.05) is 26.2 Å². The normalized spacial score (nSPS) is 21.4. The zero-order valence-electron chi connectivity index (χ0n) is 9.76. The van der Waals surface area contributed by atoms with Gasteiger partial charge in [-0.15, -0.1) is 12.4 Å². The van der Waals surface area contributed by atoms with Gasteiger partial charge in [-0.05, 0) is 18.9 Å². The molecule has 2 rings (SSSR count). The predicted octanol–water partition coefficient (Wildman–Crippen LogP) is 2.37. The van der Waals surface area contributed by atoms with Crippen molar-refractivity contribution in [2.24, 2.45) is 0 Å². The number of hydrogen-bond donors (Lipinski definition) is 0. The first kappa shape index (κ1) is 13.5. The molecule has 1 fully saturated rings. The van der Waals surface area contributed by atoms with Gasteiger partial charge in [-0.1, -0.05) is 30.3 Å². The first-order valence-corrected chi connectivity index (χ1v) is 5.72. The van der Waals surface area contributed by atoms with Gasteiger partial charge in [-0.2, -0.15) is 0 Å². The zero-order valence-corrected chi connectivity index (χ0v) is 10.6. The van der Waals surface area contributed by atoms with Crippen molar-refractivity contribution in [1.29, 1.82) is 0 Å². The standard InChI is InChI=1S/C13H19NO.ClH/c1-12-11-14(9-10-15-12)8-7-13-5-3-2-4-6-13;/h2-6,12H,7-11H2,1H3;1H. The molecule has 2 nitrogen and oxygen atoms in total. The molecule has 1 saturated heterocycles. The maximum Gasteiger partial charge on any atom is 0.0674 e. The first-order valence-electron chi connectivity index (χ1n) is 5.72. The molecule has 1 heterocycles. The third-order valence-corrected chi connectivity index (χ3v) is 2.88. The molecule has 0 spiro atoms. The molecule has 0 amide bonds. The Morgan fingerprint density at radius 1 is 1.31 bits per heavy atom. The highest BCUT2D eigenvalue weighted by Gasteiger charge is 2.15. The number of rotatable bonds is 3. The molecule has 90 valence electrons. The summed E-state index contributed by atoms with van der Waals surface area (Å²) in [5.74, 6) is 0. The van der Waals surface area contributed by atoms with Gasteiger partial charge in [-0.3, -0.25) is 4.90 Å². The predicted molar refractivity (Wildman–Crippen MR) is 69.2 cm³/mol. The second-order valence-electron chi connectivity index (χ2n) is 4.22. The van der Waals surface area contributed by atoms with Crippen molar-refractivity contribution < 1.29 is 4.74 Å². The molecule has 16 heavy (non-hydrogen) atoms. The van der Waals surface area contributed by atoms with Crippen LogP contribution in [0.25, 0.3) is 0 Å². The van der Waals surface area contributed by atoms with Crippen LogP contribution in [0, 0.1) is 0 Å².